The third kappa shape index (κ3) is 17.4. The molecule has 5 fully saturated rings. The number of nitrogens with zero attached hydrogens (tertiary/aromatic N) is 4. The maximum atomic E-state index is 12.2. The lowest BCUT2D eigenvalue weighted by Gasteiger charge is -2.34. The Hall–Kier alpha value is -7.72. The second-order valence-corrected chi connectivity index (χ2v) is 20.5. The van der Waals surface area contributed by atoms with Gasteiger partial charge in [-0.25, -0.2) is 24.0 Å². The molecular weight excluding hydrogens is 1100 g/mol. The first-order valence-electron chi connectivity index (χ1n) is 26.0. The fourth-order valence-electron chi connectivity index (χ4n) is 8.33. The van der Waals surface area contributed by atoms with Gasteiger partial charge in [-0.2, -0.15) is 0 Å². The van der Waals surface area contributed by atoms with Crippen LogP contribution in [-0.2, 0) is 14.2 Å². The average molecular weight is 1170 g/mol. The van der Waals surface area contributed by atoms with Crippen molar-refractivity contribution in [1.29, 1.82) is 0 Å². The Morgan fingerprint density at radius 1 is 0.549 bits per heavy atom. The number of carboxylic acids is 1. The van der Waals surface area contributed by atoms with E-state index in [9.17, 15) is 63.6 Å². The highest BCUT2D eigenvalue weighted by Gasteiger charge is 2.34. The number of carbonyl (C=O) groups is 4. The number of methoxy groups -OCH3 is 2. The van der Waals surface area contributed by atoms with E-state index in [2.05, 4.69) is 19.2 Å². The van der Waals surface area contributed by atoms with E-state index < -0.39 is 64.7 Å². The smallest absolute Gasteiger partial charge is 0.412 e. The van der Waals surface area contributed by atoms with Crippen LogP contribution in [0.3, 0.4) is 0 Å². The first-order valence-corrected chi connectivity index (χ1v) is 26.0. The highest BCUT2D eigenvalue weighted by atomic mass is 35.5. The van der Waals surface area contributed by atoms with Gasteiger partial charge in [0.1, 0.15) is 28.0 Å². The summed E-state index contributed by atoms with van der Waals surface area (Å²) in [7, 11) is 2.44. The van der Waals surface area contributed by atoms with Crippen molar-refractivity contribution in [1.82, 2.24) is 18.3 Å². The second-order valence-electron chi connectivity index (χ2n) is 20.5. The molecule has 0 bridgehead atoms. The number of esters is 2. The first kappa shape index (κ1) is 66.8. The minimum absolute atomic E-state index is 0. The largest absolute Gasteiger partial charge is 0.477 e. The van der Waals surface area contributed by atoms with Crippen molar-refractivity contribution >= 4 is 47.8 Å². The number of aliphatic hydroxyl groups excluding tert-OH is 5. The van der Waals surface area contributed by atoms with Crippen molar-refractivity contribution in [3.05, 3.63) is 160 Å². The van der Waals surface area contributed by atoms with Crippen LogP contribution in [0.5, 0.6) is 0 Å². The van der Waals surface area contributed by atoms with E-state index in [4.69, 9.17) is 26.4 Å². The molecule has 0 spiro atoms. The Morgan fingerprint density at radius 2 is 0.927 bits per heavy atom. The molecule has 5 aliphatic rings. The maximum absolute atomic E-state index is 12.2. The van der Waals surface area contributed by atoms with E-state index in [0.717, 1.165) is 38.5 Å². The summed E-state index contributed by atoms with van der Waals surface area (Å²) >= 11 is 0. The van der Waals surface area contributed by atoms with Gasteiger partial charge in [-0.1, -0.05) is 0 Å². The summed E-state index contributed by atoms with van der Waals surface area (Å²) in [6, 6.07) is 14.4. The number of aliphatic hydroxyl groups is 5. The molecule has 5 saturated carbocycles. The summed E-state index contributed by atoms with van der Waals surface area (Å²) < 4.78 is 24.1. The zero-order chi connectivity index (χ0) is 59.9. The van der Waals surface area contributed by atoms with E-state index in [1.165, 1.54) is 81.3 Å². The van der Waals surface area contributed by atoms with Crippen LogP contribution < -0.4 is 44.6 Å². The normalized spacial score (nSPS) is 23.3. The number of aromatic nitrogens is 4. The van der Waals surface area contributed by atoms with Crippen molar-refractivity contribution in [3.8, 4) is 0 Å². The van der Waals surface area contributed by atoms with E-state index >= 15 is 0 Å². The lowest BCUT2D eigenvalue weighted by Crippen LogP contribution is -2.43. The van der Waals surface area contributed by atoms with Crippen LogP contribution in [0, 0.1) is 0 Å². The SMILES string of the molecule is CC(C)(C)OC(=O)Nc1cccn(C2CC[C@@H]2O)c1=O.COC(=O)c1cccn(C2CC[C@@H]2O)c1=O.COC(=O)c1cccoc1=O.Cl.N[C@@H]1CC[C@@H]1O.Nc1cccn(C2CC[C@@H]2O)c1=O.O=C(O)c1cccn(C2CC[C@@H]2O)c1=O. The fourth-order valence-corrected chi connectivity index (χ4v) is 8.33. The van der Waals surface area contributed by atoms with Gasteiger partial charge in [0.05, 0.1) is 80.9 Å². The number of pyridine rings is 4. The average Bonchev–Trinajstić information content (AvgIpc) is 3.62. The van der Waals surface area contributed by atoms with E-state index in [0.29, 0.717) is 25.7 Å². The molecule has 448 valence electrons. The molecule has 10 rings (SSSR count). The highest BCUT2D eigenvalue weighted by Crippen LogP contribution is 2.33. The molecule has 0 aliphatic heterocycles. The van der Waals surface area contributed by atoms with Gasteiger partial charge in [-0.3, -0.25) is 24.5 Å². The molecular formula is C55H72ClN7O19. The summed E-state index contributed by atoms with van der Waals surface area (Å²) in [5.74, 6) is -2.56. The van der Waals surface area contributed by atoms with Crippen molar-refractivity contribution in [2.45, 2.75) is 151 Å². The summed E-state index contributed by atoms with van der Waals surface area (Å²) in [4.78, 5) is 102. The number of halogens is 1. The topological polar surface area (TPSA) is 400 Å². The predicted octanol–water partition coefficient (Wildman–Crippen LogP) is 2.91. The van der Waals surface area contributed by atoms with Gasteiger partial charge < -0.3 is 79.0 Å². The summed E-state index contributed by atoms with van der Waals surface area (Å²) in [6.07, 6.45) is 12.6. The highest BCUT2D eigenvalue weighted by molar-refractivity contribution is 5.89. The molecule has 1 amide bonds. The standard InChI is InChI=1S/C14H20N2O4.C11H13NO4.C10H11NO4.C9H12N2O2.C7H6O4.C4H9NO.ClH/c1-14(2,3)20-13(19)15-9-5-4-8-16(12(9)18)10-6-7-11(10)17;1-16-11(15)7-3-2-6-12(10(7)14)8-4-5-9(8)13;12-8-4-3-7(8)11-5-1-2-6(9(11)13)10(14)15;10-6-2-1-5-11(9(6)13)7-3-4-8(7)12;1-10-6(8)5-3-2-4-11-7(5)9;5-3-1-2-4(3)6;/h4-5,8,10-11,17H,6-7H2,1-3H3,(H,15,19);2-3,6,8-9,13H,4-5H2,1H3;1-2,5,7-8,12H,3-4H2,(H,14,15);1-2,5,7-8,12H,3-4,10H2;2-4H,1H3;3-4,6H,1-2,5H2;1H/t10?,11-;8?,9-;2*7?,8-;;3-,4+;/m0000.1./s1. The Kier molecular flexibility index (Phi) is 24.7. The van der Waals surface area contributed by atoms with Crippen molar-refractivity contribution in [2.24, 2.45) is 5.73 Å². The molecule has 5 aromatic heterocycles. The lowest BCUT2D eigenvalue weighted by molar-refractivity contribution is 0.0292. The van der Waals surface area contributed by atoms with Crippen molar-refractivity contribution in [2.75, 3.05) is 25.3 Å². The van der Waals surface area contributed by atoms with Crippen LogP contribution in [0.1, 0.15) is 140 Å². The third-order valence-electron chi connectivity index (χ3n) is 13.9. The number of rotatable bonds is 8. The van der Waals surface area contributed by atoms with Gasteiger partial charge in [0.2, 0.25) is 0 Å². The minimum Gasteiger partial charge on any atom is -0.477 e. The molecule has 0 saturated heterocycles. The molecule has 4 unspecified atom stereocenters. The van der Waals surface area contributed by atoms with E-state index in [-0.39, 0.29) is 94.0 Å². The summed E-state index contributed by atoms with van der Waals surface area (Å²) in [5, 5.41) is 57.7. The minimum atomic E-state index is -1.23. The molecule has 0 aromatic carbocycles. The molecule has 10 atom stereocenters. The van der Waals surface area contributed by atoms with Gasteiger partial charge in [0.25, 0.3) is 22.2 Å². The maximum Gasteiger partial charge on any atom is 0.412 e. The molecule has 5 aromatic rings. The Morgan fingerprint density at radius 3 is 1.29 bits per heavy atom. The van der Waals surface area contributed by atoms with Crippen LogP contribution in [0.2, 0.25) is 0 Å². The zero-order valence-corrected chi connectivity index (χ0v) is 46.7. The van der Waals surface area contributed by atoms with Crippen molar-refractivity contribution < 1.29 is 68.4 Å². The molecule has 82 heavy (non-hydrogen) atoms. The molecule has 26 nitrogen and oxygen atoms in total. The Bertz CT molecular complexity index is 3270. The number of carboxylic acid groups (broad SMARTS) is 1. The van der Waals surface area contributed by atoms with Crippen LogP contribution >= 0.6 is 12.4 Å². The number of nitrogens with two attached hydrogens (primary N) is 2. The number of amides is 1. The van der Waals surface area contributed by atoms with Gasteiger partial charge in [-0.05, 0) is 146 Å². The van der Waals surface area contributed by atoms with Gasteiger partial charge in [0.15, 0.2) is 0 Å². The van der Waals surface area contributed by atoms with Gasteiger partial charge in [-0.15, -0.1) is 12.4 Å². The summed E-state index contributed by atoms with van der Waals surface area (Å²) in [6.45, 7) is 5.25. The van der Waals surface area contributed by atoms with E-state index in [1.54, 1.807) is 63.6 Å². The van der Waals surface area contributed by atoms with Crippen LogP contribution in [-0.4, -0.2) is 129 Å². The van der Waals surface area contributed by atoms with E-state index in [1.807, 2.05) is 0 Å². The van der Waals surface area contributed by atoms with Gasteiger partial charge in [0, 0.05) is 30.8 Å². The molecule has 11 N–H and O–H groups in total. The monoisotopic (exact) mass is 1170 g/mol. The quantitative estimate of drug-likeness (QED) is 0.0796. The fraction of sp³-hybridized carbons (Fsp3) is 0.473. The van der Waals surface area contributed by atoms with Crippen LogP contribution in [0.4, 0.5) is 16.2 Å². The van der Waals surface area contributed by atoms with Gasteiger partial charge >= 0.3 is 29.6 Å². The zero-order valence-electron chi connectivity index (χ0n) is 45.8. The first-order chi connectivity index (χ1) is 38.3. The molecule has 5 heterocycles. The number of ether oxygens (including phenoxy) is 3. The predicted molar refractivity (Wildman–Crippen MR) is 299 cm³/mol. The van der Waals surface area contributed by atoms with Crippen LogP contribution in [0.15, 0.2) is 120 Å². The Labute approximate surface area is 475 Å². The molecule has 5 aliphatic carbocycles. The number of anilines is 2. The number of hydrogen-bond acceptors (Lipinski definition) is 20. The number of hydrogen-bond donors (Lipinski definition) is 9. The summed E-state index contributed by atoms with van der Waals surface area (Å²) in [5.41, 5.74) is 8.00. The lowest BCUT2D eigenvalue weighted by atomic mass is 9.89. The number of aromatic carboxylic acids is 1. The molecule has 27 heteroatoms. The third-order valence-corrected chi connectivity index (χ3v) is 13.9. The number of nitrogens with one attached hydrogen (secondary N) is 1. The van der Waals surface area contributed by atoms with Crippen molar-refractivity contribution in [3.63, 3.8) is 0 Å². The Balaban J connectivity index is 0.000000216. The molecule has 0 radical (unpaired) electrons. The number of carbonyl (C=O) groups excluding carboxylic acids is 3. The van der Waals surface area contributed by atoms with Crippen LogP contribution in [0.25, 0.3) is 0 Å². The second kappa shape index (κ2) is 30.4. The number of nitrogen functional groups attached to an aromatic ring is 1.